The van der Waals surface area contributed by atoms with Crippen LogP contribution in [0.3, 0.4) is 0 Å². The molecule has 30 heavy (non-hydrogen) atoms. The highest BCUT2D eigenvalue weighted by Crippen LogP contribution is 2.60. The Hall–Kier alpha value is -1.73. The number of thiophene rings is 1. The summed E-state index contributed by atoms with van der Waals surface area (Å²) in [5.74, 6) is 2.73. The second-order valence-corrected chi connectivity index (χ2v) is 11.5. The van der Waals surface area contributed by atoms with Crippen LogP contribution in [-0.4, -0.2) is 52.8 Å². The highest BCUT2D eigenvalue weighted by molar-refractivity contribution is 7.14. The second kappa shape index (κ2) is 7.16. The molecular weight excluding hydrogens is 414 g/mol. The summed E-state index contributed by atoms with van der Waals surface area (Å²) >= 11 is 3.16. The maximum atomic E-state index is 13.5. The van der Waals surface area contributed by atoms with Crippen molar-refractivity contribution in [3.05, 3.63) is 27.9 Å². The largest absolute Gasteiger partial charge is 0.339 e. The minimum Gasteiger partial charge on any atom is -0.339 e. The van der Waals surface area contributed by atoms with Gasteiger partial charge in [0.25, 0.3) is 5.91 Å². The van der Waals surface area contributed by atoms with Crippen LogP contribution in [-0.2, 0) is 4.79 Å². The van der Waals surface area contributed by atoms with Crippen LogP contribution in [0.15, 0.2) is 22.2 Å². The fourth-order valence-corrected chi connectivity index (χ4v) is 8.38. The van der Waals surface area contributed by atoms with E-state index < -0.39 is 0 Å². The van der Waals surface area contributed by atoms with Crippen molar-refractivity contribution >= 4 is 34.5 Å². The molecule has 3 heterocycles. The zero-order valence-electron chi connectivity index (χ0n) is 17.1. The highest BCUT2D eigenvalue weighted by Gasteiger charge is 2.55. The van der Waals surface area contributed by atoms with Crippen molar-refractivity contribution in [1.82, 2.24) is 14.8 Å². The molecule has 2 aromatic rings. The Morgan fingerprint density at radius 1 is 0.933 bits per heavy atom. The molecule has 0 atom stereocenters. The topological polar surface area (TPSA) is 53.5 Å². The van der Waals surface area contributed by atoms with Crippen LogP contribution in [0.1, 0.15) is 49.0 Å². The van der Waals surface area contributed by atoms with Crippen LogP contribution in [0.2, 0.25) is 0 Å². The Morgan fingerprint density at radius 2 is 1.57 bits per heavy atom. The Morgan fingerprint density at radius 3 is 2.17 bits per heavy atom. The summed E-state index contributed by atoms with van der Waals surface area (Å²) in [5, 5.41) is 6.85. The van der Waals surface area contributed by atoms with E-state index in [9.17, 15) is 9.59 Å². The summed E-state index contributed by atoms with van der Waals surface area (Å²) in [5.41, 5.74) is 1.53. The second-order valence-electron chi connectivity index (χ2n) is 9.83. The molecule has 1 saturated heterocycles. The van der Waals surface area contributed by atoms with E-state index in [4.69, 9.17) is 0 Å². The van der Waals surface area contributed by atoms with Gasteiger partial charge in [-0.05, 0) is 67.7 Å². The first-order valence-electron chi connectivity index (χ1n) is 11.2. The van der Waals surface area contributed by atoms with Gasteiger partial charge in [-0.3, -0.25) is 9.59 Å². The number of nitrogens with zero attached hydrogens (tertiary/aromatic N) is 3. The summed E-state index contributed by atoms with van der Waals surface area (Å²) in [4.78, 5) is 35.0. The third-order valence-corrected chi connectivity index (χ3v) is 9.41. The number of carbonyl (C=O) groups is 2. The maximum Gasteiger partial charge on any atom is 0.273 e. The molecule has 0 spiro atoms. The number of carbonyl (C=O) groups excluding carboxylic acids is 2. The standard InChI is InChI=1S/C23H27N3O2S2/c27-21(19-14-30-20(24-19)18-1-6-29-13-18)25-2-4-26(5-3-25)22(28)23-10-15-7-16(11-23)9-17(8-15)12-23/h1,6,13-17H,2-5,7-12H2. The van der Waals surface area contributed by atoms with Crippen LogP contribution in [0.25, 0.3) is 10.6 Å². The lowest BCUT2D eigenvalue weighted by Gasteiger charge is -2.57. The molecule has 4 aliphatic carbocycles. The molecule has 2 aromatic heterocycles. The minimum absolute atomic E-state index is 0.00497. The monoisotopic (exact) mass is 441 g/mol. The van der Waals surface area contributed by atoms with Gasteiger partial charge < -0.3 is 9.80 Å². The number of amides is 2. The van der Waals surface area contributed by atoms with Gasteiger partial charge in [0.05, 0.1) is 5.41 Å². The fraction of sp³-hybridized carbons (Fsp3) is 0.609. The van der Waals surface area contributed by atoms with Crippen molar-refractivity contribution in [2.75, 3.05) is 26.2 Å². The van der Waals surface area contributed by atoms with Crippen molar-refractivity contribution < 1.29 is 9.59 Å². The van der Waals surface area contributed by atoms with Gasteiger partial charge in [0.2, 0.25) is 5.91 Å². The normalized spacial score (nSPS) is 32.6. The SMILES string of the molecule is O=C(c1csc(-c2ccsc2)n1)N1CCN(C(=O)C23CC4CC(CC(C4)C2)C3)CC1. The van der Waals surface area contributed by atoms with E-state index in [0.29, 0.717) is 37.8 Å². The van der Waals surface area contributed by atoms with Gasteiger partial charge in [-0.25, -0.2) is 4.98 Å². The molecule has 7 rings (SSSR count). The molecular formula is C23H27N3O2S2. The molecule has 4 saturated carbocycles. The van der Waals surface area contributed by atoms with Gasteiger partial charge in [0, 0.05) is 42.5 Å². The lowest BCUT2D eigenvalue weighted by molar-refractivity contribution is -0.159. The number of aromatic nitrogens is 1. The maximum absolute atomic E-state index is 13.5. The van der Waals surface area contributed by atoms with Crippen LogP contribution < -0.4 is 0 Å². The molecule has 5 aliphatic rings. The molecule has 2 amide bonds. The molecule has 7 heteroatoms. The van der Waals surface area contributed by atoms with Gasteiger partial charge >= 0.3 is 0 Å². The van der Waals surface area contributed by atoms with Gasteiger partial charge in [-0.2, -0.15) is 11.3 Å². The average molecular weight is 442 g/mol. The van der Waals surface area contributed by atoms with Crippen LogP contribution in [0, 0.1) is 23.2 Å². The van der Waals surface area contributed by atoms with Crippen molar-refractivity contribution in [3.63, 3.8) is 0 Å². The van der Waals surface area contributed by atoms with Crippen molar-refractivity contribution in [2.24, 2.45) is 23.2 Å². The third-order valence-electron chi connectivity index (χ3n) is 7.84. The van der Waals surface area contributed by atoms with E-state index in [1.165, 1.54) is 30.6 Å². The Balaban J connectivity index is 1.10. The van der Waals surface area contributed by atoms with Crippen LogP contribution in [0.5, 0.6) is 0 Å². The predicted octanol–water partition coefficient (Wildman–Crippen LogP) is 4.37. The first-order valence-corrected chi connectivity index (χ1v) is 13.0. The number of piperazine rings is 1. The van der Waals surface area contributed by atoms with E-state index in [-0.39, 0.29) is 11.3 Å². The van der Waals surface area contributed by atoms with E-state index in [0.717, 1.165) is 47.6 Å². The molecule has 0 aromatic carbocycles. The highest BCUT2D eigenvalue weighted by atomic mass is 32.1. The molecule has 5 nitrogen and oxygen atoms in total. The van der Waals surface area contributed by atoms with Crippen LogP contribution >= 0.6 is 22.7 Å². The van der Waals surface area contributed by atoms with Gasteiger partial charge in [0.15, 0.2) is 0 Å². The third kappa shape index (κ3) is 3.12. The number of thiazole rings is 1. The zero-order valence-corrected chi connectivity index (χ0v) is 18.7. The smallest absolute Gasteiger partial charge is 0.273 e. The summed E-state index contributed by atoms with van der Waals surface area (Å²) in [6, 6.07) is 2.03. The van der Waals surface area contributed by atoms with E-state index in [1.54, 1.807) is 11.3 Å². The summed E-state index contributed by atoms with van der Waals surface area (Å²) in [6.45, 7) is 2.55. The lowest BCUT2D eigenvalue weighted by Crippen LogP contribution is -2.58. The Labute approximate surface area is 185 Å². The molecule has 0 radical (unpaired) electrons. The van der Waals surface area contributed by atoms with E-state index >= 15 is 0 Å². The van der Waals surface area contributed by atoms with Gasteiger partial charge in [-0.1, -0.05) is 0 Å². The zero-order chi connectivity index (χ0) is 20.3. The predicted molar refractivity (Wildman–Crippen MR) is 119 cm³/mol. The van der Waals surface area contributed by atoms with Crippen LogP contribution in [0.4, 0.5) is 0 Å². The Kier molecular flexibility index (Phi) is 4.53. The van der Waals surface area contributed by atoms with Gasteiger partial charge in [0.1, 0.15) is 10.7 Å². The van der Waals surface area contributed by atoms with Crippen molar-refractivity contribution in [1.29, 1.82) is 0 Å². The number of hydrogen-bond donors (Lipinski definition) is 0. The number of rotatable bonds is 3. The minimum atomic E-state index is -0.0781. The van der Waals surface area contributed by atoms with Gasteiger partial charge in [-0.15, -0.1) is 11.3 Å². The Bertz CT molecular complexity index is 924. The molecule has 5 fully saturated rings. The number of hydrogen-bond acceptors (Lipinski definition) is 5. The van der Waals surface area contributed by atoms with Crippen molar-refractivity contribution in [2.45, 2.75) is 38.5 Å². The van der Waals surface area contributed by atoms with Crippen molar-refractivity contribution in [3.8, 4) is 10.6 Å². The quantitative estimate of drug-likeness (QED) is 0.711. The lowest BCUT2D eigenvalue weighted by atomic mass is 9.49. The molecule has 158 valence electrons. The summed E-state index contributed by atoms with van der Waals surface area (Å²) in [7, 11) is 0. The fourth-order valence-electron chi connectivity index (χ4n) is 6.87. The van der Waals surface area contributed by atoms with E-state index in [2.05, 4.69) is 15.3 Å². The molecule has 1 aliphatic heterocycles. The summed E-state index contributed by atoms with van der Waals surface area (Å²) in [6.07, 6.45) is 7.41. The first kappa shape index (κ1) is 19.0. The molecule has 4 bridgehead atoms. The first-order chi connectivity index (χ1) is 14.6. The average Bonchev–Trinajstić information content (AvgIpc) is 3.44. The van der Waals surface area contributed by atoms with E-state index in [1.807, 2.05) is 21.7 Å². The summed E-state index contributed by atoms with van der Waals surface area (Å²) < 4.78 is 0. The molecule has 0 unspecified atom stereocenters. The molecule has 0 N–H and O–H groups in total.